The molecular weight excluding hydrogens is 422 g/mol. The molecule has 4 aromatic rings. The summed E-state index contributed by atoms with van der Waals surface area (Å²) in [5.41, 5.74) is 2.44. The number of aromatic nitrogens is 3. The zero-order chi connectivity index (χ0) is 23.2. The van der Waals surface area contributed by atoms with Crippen LogP contribution in [-0.2, 0) is 11.4 Å². The van der Waals surface area contributed by atoms with Gasteiger partial charge in [-0.25, -0.2) is 14.8 Å². The fourth-order valence-corrected chi connectivity index (χ4v) is 3.29. The maximum absolute atomic E-state index is 11.2. The van der Waals surface area contributed by atoms with Crippen molar-refractivity contribution < 1.29 is 19.4 Å². The van der Waals surface area contributed by atoms with Crippen molar-refractivity contribution in [2.24, 2.45) is 0 Å². The van der Waals surface area contributed by atoms with Crippen LogP contribution >= 0.6 is 0 Å². The van der Waals surface area contributed by atoms with Gasteiger partial charge in [0.1, 0.15) is 23.8 Å². The van der Waals surface area contributed by atoms with E-state index in [1.165, 1.54) is 19.1 Å². The number of hydrogen-bond acceptors (Lipinski definition) is 6. The molecule has 168 valence electrons. The minimum absolute atomic E-state index is 0.0948. The van der Waals surface area contributed by atoms with E-state index in [4.69, 9.17) is 9.84 Å². The van der Waals surface area contributed by atoms with Gasteiger partial charge in [-0.1, -0.05) is 36.4 Å². The molecular formula is C24H23N5O4. The highest BCUT2D eigenvalue weighted by molar-refractivity contribution is 5.89. The first-order valence-electron chi connectivity index (χ1n) is 10.4. The van der Waals surface area contributed by atoms with Gasteiger partial charge < -0.3 is 25.5 Å². The van der Waals surface area contributed by atoms with Crippen LogP contribution in [0.5, 0.6) is 5.75 Å². The first kappa shape index (κ1) is 21.8. The smallest absolute Gasteiger partial charge is 0.335 e. The van der Waals surface area contributed by atoms with E-state index in [1.54, 1.807) is 12.1 Å². The fraction of sp³-hybridized carbons (Fsp3) is 0.167. The number of carboxylic acids is 1. The van der Waals surface area contributed by atoms with Gasteiger partial charge in [0.05, 0.1) is 16.6 Å². The van der Waals surface area contributed by atoms with E-state index in [1.807, 2.05) is 36.4 Å². The number of carboxylic acid groups (broad SMARTS) is 1. The van der Waals surface area contributed by atoms with E-state index >= 15 is 0 Å². The number of anilines is 1. The number of fused-ring (bicyclic) bond motifs is 1. The first-order valence-corrected chi connectivity index (χ1v) is 10.4. The van der Waals surface area contributed by atoms with Crippen LogP contribution in [-0.4, -0.2) is 45.0 Å². The number of aromatic carboxylic acids is 1. The monoisotopic (exact) mass is 445 g/mol. The second-order valence-electron chi connectivity index (χ2n) is 7.35. The van der Waals surface area contributed by atoms with Crippen LogP contribution in [0, 0.1) is 0 Å². The molecule has 2 aromatic carbocycles. The summed E-state index contributed by atoms with van der Waals surface area (Å²) in [5, 5.41) is 16.0. The van der Waals surface area contributed by atoms with Gasteiger partial charge in [-0.05, 0) is 24.3 Å². The predicted octanol–water partition coefficient (Wildman–Crippen LogP) is 3.45. The van der Waals surface area contributed by atoms with Gasteiger partial charge >= 0.3 is 5.97 Å². The molecule has 2 heterocycles. The maximum atomic E-state index is 11.2. The zero-order valence-electron chi connectivity index (χ0n) is 18.0. The van der Waals surface area contributed by atoms with E-state index < -0.39 is 5.97 Å². The number of benzene rings is 2. The van der Waals surface area contributed by atoms with Crippen molar-refractivity contribution in [1.29, 1.82) is 0 Å². The molecule has 4 rings (SSSR count). The Morgan fingerprint density at radius 2 is 1.85 bits per heavy atom. The second-order valence-corrected chi connectivity index (χ2v) is 7.35. The summed E-state index contributed by atoms with van der Waals surface area (Å²) >= 11 is 0. The molecule has 0 fully saturated rings. The highest BCUT2D eigenvalue weighted by Gasteiger charge is 2.13. The summed E-state index contributed by atoms with van der Waals surface area (Å²) in [6.45, 7) is 2.63. The lowest BCUT2D eigenvalue weighted by Crippen LogP contribution is -2.26. The van der Waals surface area contributed by atoms with Crippen molar-refractivity contribution >= 4 is 28.7 Å². The largest absolute Gasteiger partial charge is 0.487 e. The molecule has 0 radical (unpaired) electrons. The van der Waals surface area contributed by atoms with Crippen LogP contribution < -0.4 is 15.4 Å². The lowest BCUT2D eigenvalue weighted by molar-refractivity contribution is -0.118. The summed E-state index contributed by atoms with van der Waals surface area (Å²) in [5.74, 6) is 0.555. The van der Waals surface area contributed by atoms with Crippen molar-refractivity contribution in [3.63, 3.8) is 0 Å². The average molecular weight is 445 g/mol. The standard InChI is InChI=1S/C24H23N5O4/c1-15(30)25-10-11-26-22-20-13-18(14-33-19-9-5-8-17(12-19)24(31)32)27-23(20)29-21(28-22)16-6-3-2-4-7-16/h2-9,12-13H,10-11,14H2,1H3,(H,25,30)(H,31,32)(H2,26,27,28,29). The zero-order valence-corrected chi connectivity index (χ0v) is 18.0. The molecule has 1 amide bonds. The van der Waals surface area contributed by atoms with Gasteiger partial charge in [0.15, 0.2) is 5.82 Å². The lowest BCUT2D eigenvalue weighted by atomic mass is 10.2. The van der Waals surface area contributed by atoms with Crippen LogP contribution in [0.4, 0.5) is 5.82 Å². The highest BCUT2D eigenvalue weighted by Crippen LogP contribution is 2.26. The molecule has 0 aliphatic rings. The number of nitrogens with zero attached hydrogens (tertiary/aromatic N) is 2. The summed E-state index contributed by atoms with van der Waals surface area (Å²) in [6.07, 6.45) is 0. The van der Waals surface area contributed by atoms with Gasteiger partial charge in [-0.3, -0.25) is 4.79 Å². The molecule has 9 nitrogen and oxygen atoms in total. The van der Waals surface area contributed by atoms with Crippen LogP contribution in [0.1, 0.15) is 23.0 Å². The van der Waals surface area contributed by atoms with Gasteiger partial charge in [0, 0.05) is 25.6 Å². The van der Waals surface area contributed by atoms with Crippen molar-refractivity contribution in [3.8, 4) is 17.1 Å². The second kappa shape index (κ2) is 9.82. The number of rotatable bonds is 9. The van der Waals surface area contributed by atoms with Crippen LogP contribution in [0.2, 0.25) is 0 Å². The normalized spacial score (nSPS) is 10.7. The van der Waals surface area contributed by atoms with Crippen LogP contribution in [0.3, 0.4) is 0 Å². The number of carbonyl (C=O) groups is 2. The molecule has 0 aliphatic carbocycles. The van der Waals surface area contributed by atoms with Crippen molar-refractivity contribution in [2.45, 2.75) is 13.5 Å². The fourth-order valence-electron chi connectivity index (χ4n) is 3.29. The number of H-pyrrole nitrogens is 1. The topological polar surface area (TPSA) is 129 Å². The molecule has 2 aromatic heterocycles. The van der Waals surface area contributed by atoms with E-state index in [9.17, 15) is 9.59 Å². The van der Waals surface area contributed by atoms with Gasteiger partial charge in [0.25, 0.3) is 0 Å². The molecule has 0 bridgehead atoms. The SMILES string of the molecule is CC(=O)NCCNc1nc(-c2ccccc2)nc2[nH]c(COc3cccc(C(=O)O)c3)cc12. The van der Waals surface area contributed by atoms with Crippen molar-refractivity contribution in [3.05, 3.63) is 71.9 Å². The molecule has 33 heavy (non-hydrogen) atoms. The third-order valence-corrected chi connectivity index (χ3v) is 4.84. The van der Waals surface area contributed by atoms with E-state index in [0.29, 0.717) is 36.1 Å². The van der Waals surface area contributed by atoms with Crippen molar-refractivity contribution in [1.82, 2.24) is 20.3 Å². The van der Waals surface area contributed by atoms with Crippen molar-refractivity contribution in [2.75, 3.05) is 18.4 Å². The third-order valence-electron chi connectivity index (χ3n) is 4.84. The average Bonchev–Trinajstić information content (AvgIpc) is 3.24. The van der Waals surface area contributed by atoms with Crippen LogP contribution in [0.15, 0.2) is 60.7 Å². The highest BCUT2D eigenvalue weighted by atomic mass is 16.5. The minimum atomic E-state index is -1.01. The Morgan fingerprint density at radius 1 is 1.03 bits per heavy atom. The number of carbonyl (C=O) groups excluding carboxylic acids is 1. The number of amides is 1. The van der Waals surface area contributed by atoms with E-state index in [2.05, 4.69) is 25.6 Å². The summed E-state index contributed by atoms with van der Waals surface area (Å²) in [7, 11) is 0. The summed E-state index contributed by atoms with van der Waals surface area (Å²) in [4.78, 5) is 34.9. The van der Waals surface area contributed by atoms with Crippen LogP contribution in [0.25, 0.3) is 22.4 Å². The maximum Gasteiger partial charge on any atom is 0.335 e. The third kappa shape index (κ3) is 5.45. The van der Waals surface area contributed by atoms with E-state index in [0.717, 1.165) is 16.6 Å². The predicted molar refractivity (Wildman–Crippen MR) is 124 cm³/mol. The Balaban J connectivity index is 1.59. The Kier molecular flexibility index (Phi) is 6.49. The Hall–Kier alpha value is -4.40. The van der Waals surface area contributed by atoms with Gasteiger partial charge in [0.2, 0.25) is 5.91 Å². The first-order chi connectivity index (χ1) is 16.0. The molecule has 0 spiro atoms. The van der Waals surface area contributed by atoms with Gasteiger partial charge in [-0.15, -0.1) is 0 Å². The molecule has 0 aliphatic heterocycles. The Morgan fingerprint density at radius 3 is 2.61 bits per heavy atom. The Bertz CT molecular complexity index is 1290. The number of hydrogen-bond donors (Lipinski definition) is 4. The lowest BCUT2D eigenvalue weighted by Gasteiger charge is -2.09. The summed E-state index contributed by atoms with van der Waals surface area (Å²) < 4.78 is 5.78. The number of nitrogens with one attached hydrogen (secondary N) is 3. The Labute approximate surface area is 189 Å². The minimum Gasteiger partial charge on any atom is -0.487 e. The van der Waals surface area contributed by atoms with Gasteiger partial charge in [-0.2, -0.15) is 0 Å². The molecule has 0 saturated heterocycles. The van der Waals surface area contributed by atoms with E-state index in [-0.39, 0.29) is 18.1 Å². The molecule has 4 N–H and O–H groups in total. The quantitative estimate of drug-likeness (QED) is 0.290. The number of aromatic amines is 1. The molecule has 0 atom stereocenters. The number of ether oxygens (including phenoxy) is 1. The summed E-state index contributed by atoms with van der Waals surface area (Å²) in [6, 6.07) is 17.9. The molecule has 9 heteroatoms. The molecule has 0 saturated carbocycles. The molecule has 0 unspecified atom stereocenters.